The van der Waals surface area contributed by atoms with Crippen molar-refractivity contribution in [1.29, 1.82) is 0 Å². The second kappa shape index (κ2) is 7.94. The Kier molecular flexibility index (Phi) is 5.55. The molecular weight excluding hydrogens is 410 g/mol. The van der Waals surface area contributed by atoms with Crippen LogP contribution in [0.5, 0.6) is 0 Å². The summed E-state index contributed by atoms with van der Waals surface area (Å²) in [7, 11) is 0. The van der Waals surface area contributed by atoms with Crippen molar-refractivity contribution in [3.63, 3.8) is 0 Å². The van der Waals surface area contributed by atoms with Gasteiger partial charge in [-0.05, 0) is 45.4 Å². The molecule has 2 aromatic heterocycles. The van der Waals surface area contributed by atoms with Gasteiger partial charge in [-0.25, -0.2) is 9.31 Å². The van der Waals surface area contributed by atoms with Gasteiger partial charge in [0.05, 0.1) is 11.9 Å². The van der Waals surface area contributed by atoms with Gasteiger partial charge in [-0.15, -0.1) is 0 Å². The normalized spacial score (nSPS) is 19.5. The van der Waals surface area contributed by atoms with Crippen LogP contribution < -0.4 is 5.56 Å². The number of likely N-dealkylation sites (tertiary alicyclic amines) is 2. The first kappa shape index (κ1) is 22.4. The molecule has 2 aliphatic heterocycles. The van der Waals surface area contributed by atoms with Gasteiger partial charge in [0.25, 0.3) is 11.5 Å². The summed E-state index contributed by atoms with van der Waals surface area (Å²) in [6, 6.07) is 1.56. The van der Waals surface area contributed by atoms with Crippen LogP contribution in [0.1, 0.15) is 75.9 Å². The van der Waals surface area contributed by atoms with E-state index in [-0.39, 0.29) is 28.9 Å². The Morgan fingerprint density at radius 3 is 2.44 bits per heavy atom. The van der Waals surface area contributed by atoms with Crippen LogP contribution in [0, 0.1) is 5.41 Å². The molecule has 9 heteroatoms. The van der Waals surface area contributed by atoms with Crippen LogP contribution in [0.3, 0.4) is 0 Å². The van der Waals surface area contributed by atoms with Gasteiger partial charge in [-0.2, -0.15) is 5.10 Å². The van der Waals surface area contributed by atoms with Crippen molar-refractivity contribution < 1.29 is 14.3 Å². The zero-order chi connectivity index (χ0) is 23.3. The minimum atomic E-state index is -0.532. The third kappa shape index (κ3) is 4.52. The van der Waals surface area contributed by atoms with Gasteiger partial charge in [0.2, 0.25) is 0 Å². The number of carbonyl (C=O) groups is 2. The molecule has 0 atom stereocenters. The fourth-order valence-corrected chi connectivity index (χ4v) is 4.60. The summed E-state index contributed by atoms with van der Waals surface area (Å²) in [6.07, 6.45) is 3.59. The van der Waals surface area contributed by atoms with Crippen molar-refractivity contribution in [2.24, 2.45) is 5.41 Å². The number of carbonyl (C=O) groups excluding carboxylic acids is 2. The molecule has 9 nitrogen and oxygen atoms in total. The zero-order valence-corrected chi connectivity index (χ0v) is 19.6. The average Bonchev–Trinajstić information content (AvgIpc) is 3.28. The fraction of sp³-hybridized carbons (Fsp3) is 0.652. The number of nitrogens with one attached hydrogen (secondary N) is 1. The molecule has 0 bridgehead atoms. The molecule has 2 fully saturated rings. The Morgan fingerprint density at radius 2 is 1.84 bits per heavy atom. The molecule has 0 unspecified atom stereocenters. The molecule has 0 aliphatic carbocycles. The lowest BCUT2D eigenvalue weighted by molar-refractivity contribution is 0.0203. The molecule has 0 spiro atoms. The van der Waals surface area contributed by atoms with E-state index in [0.29, 0.717) is 50.2 Å². The lowest BCUT2D eigenvalue weighted by atomic mass is 9.93. The SMILES string of the molecule is CC1(C)CCN(C(=O)c2cnn3c(C4CCN(C(=O)OC(C)(C)C)CC4)cc(=O)[nH]c23)C1. The van der Waals surface area contributed by atoms with Gasteiger partial charge in [0.1, 0.15) is 16.8 Å². The van der Waals surface area contributed by atoms with Crippen molar-refractivity contribution in [2.45, 2.75) is 65.4 Å². The van der Waals surface area contributed by atoms with E-state index < -0.39 is 5.60 Å². The predicted octanol–water partition coefficient (Wildman–Crippen LogP) is 3.01. The second-order valence-electron chi connectivity index (χ2n) is 10.8. The Morgan fingerprint density at radius 1 is 1.16 bits per heavy atom. The molecule has 2 amide bonds. The van der Waals surface area contributed by atoms with Crippen LogP contribution in [-0.4, -0.2) is 68.2 Å². The maximum atomic E-state index is 13.1. The van der Waals surface area contributed by atoms with Gasteiger partial charge in [0, 0.05) is 38.2 Å². The highest BCUT2D eigenvalue weighted by molar-refractivity contribution is 5.99. The molecule has 4 rings (SSSR count). The van der Waals surface area contributed by atoms with E-state index >= 15 is 0 Å². The van der Waals surface area contributed by atoms with E-state index in [1.807, 2.05) is 25.7 Å². The molecule has 2 saturated heterocycles. The van der Waals surface area contributed by atoms with Crippen LogP contribution in [0.25, 0.3) is 5.65 Å². The number of amides is 2. The number of hydrogen-bond donors (Lipinski definition) is 1. The van der Waals surface area contributed by atoms with E-state index in [0.717, 1.165) is 12.1 Å². The second-order valence-corrected chi connectivity index (χ2v) is 10.8. The summed E-state index contributed by atoms with van der Waals surface area (Å²) >= 11 is 0. The number of fused-ring (bicyclic) bond motifs is 1. The largest absolute Gasteiger partial charge is 0.444 e. The van der Waals surface area contributed by atoms with Crippen LogP contribution in [-0.2, 0) is 4.74 Å². The minimum absolute atomic E-state index is 0.0621. The summed E-state index contributed by atoms with van der Waals surface area (Å²) in [4.78, 5) is 44.3. The lowest BCUT2D eigenvalue weighted by Crippen LogP contribution is -2.41. The molecule has 1 N–H and O–H groups in total. The average molecular weight is 444 g/mol. The minimum Gasteiger partial charge on any atom is -0.444 e. The van der Waals surface area contributed by atoms with E-state index in [2.05, 4.69) is 23.9 Å². The van der Waals surface area contributed by atoms with Gasteiger partial charge >= 0.3 is 6.09 Å². The van der Waals surface area contributed by atoms with Gasteiger partial charge in [-0.1, -0.05) is 13.8 Å². The predicted molar refractivity (Wildman–Crippen MR) is 120 cm³/mol. The number of nitrogens with zero attached hydrogens (tertiary/aromatic N) is 4. The Labute approximate surface area is 187 Å². The van der Waals surface area contributed by atoms with E-state index in [1.54, 1.807) is 21.7 Å². The van der Waals surface area contributed by atoms with Crippen LogP contribution in [0.15, 0.2) is 17.1 Å². The smallest absolute Gasteiger partial charge is 0.410 e. The first-order chi connectivity index (χ1) is 14.9. The third-order valence-corrected chi connectivity index (χ3v) is 6.29. The summed E-state index contributed by atoms with van der Waals surface area (Å²) in [5, 5.41) is 4.46. The van der Waals surface area contributed by atoms with Crippen molar-refractivity contribution >= 4 is 17.6 Å². The summed E-state index contributed by atoms with van der Waals surface area (Å²) in [6.45, 7) is 12.3. The standard InChI is InChI=1S/C23H33N5O4/c1-22(2,3)32-21(31)26-9-6-15(7-10-26)17-12-18(29)25-19-16(13-24-28(17)19)20(30)27-11-8-23(4,5)14-27/h12-13,15H,6-11,14H2,1-5H3,(H,25,29). The van der Waals surface area contributed by atoms with Crippen molar-refractivity contribution in [3.8, 4) is 0 Å². The molecule has 4 heterocycles. The molecule has 32 heavy (non-hydrogen) atoms. The summed E-state index contributed by atoms with van der Waals surface area (Å²) < 4.78 is 7.16. The van der Waals surface area contributed by atoms with Gasteiger partial charge in [0.15, 0.2) is 0 Å². The number of rotatable bonds is 2. The van der Waals surface area contributed by atoms with E-state index in [1.165, 1.54) is 0 Å². The molecule has 0 radical (unpaired) electrons. The summed E-state index contributed by atoms with van der Waals surface area (Å²) in [5.41, 5.74) is 0.950. The van der Waals surface area contributed by atoms with Crippen LogP contribution in [0.4, 0.5) is 4.79 Å². The summed E-state index contributed by atoms with van der Waals surface area (Å²) in [5.74, 6) is -0.0369. The molecule has 174 valence electrons. The first-order valence-electron chi connectivity index (χ1n) is 11.3. The highest BCUT2D eigenvalue weighted by Crippen LogP contribution is 2.31. The maximum Gasteiger partial charge on any atom is 0.410 e. The number of aromatic amines is 1. The van der Waals surface area contributed by atoms with Crippen LogP contribution in [0.2, 0.25) is 0 Å². The highest BCUT2D eigenvalue weighted by Gasteiger charge is 2.34. The zero-order valence-electron chi connectivity index (χ0n) is 19.6. The number of hydrogen-bond acceptors (Lipinski definition) is 5. The van der Waals surface area contributed by atoms with Crippen molar-refractivity contribution in [2.75, 3.05) is 26.2 Å². The number of aromatic nitrogens is 3. The molecule has 0 saturated carbocycles. The third-order valence-electron chi connectivity index (χ3n) is 6.29. The molecule has 0 aromatic carbocycles. The Hall–Kier alpha value is -2.84. The van der Waals surface area contributed by atoms with Crippen molar-refractivity contribution in [3.05, 3.63) is 33.9 Å². The van der Waals surface area contributed by atoms with Gasteiger partial charge < -0.3 is 19.5 Å². The lowest BCUT2D eigenvalue weighted by Gasteiger charge is -2.33. The maximum absolute atomic E-state index is 13.1. The molecular formula is C23H33N5O4. The molecule has 2 aliphatic rings. The number of ether oxygens (including phenoxy) is 1. The molecule has 2 aromatic rings. The Balaban J connectivity index is 1.54. The fourth-order valence-electron chi connectivity index (χ4n) is 4.60. The van der Waals surface area contributed by atoms with Crippen molar-refractivity contribution in [1.82, 2.24) is 24.4 Å². The number of piperidine rings is 1. The highest BCUT2D eigenvalue weighted by atomic mass is 16.6. The van der Waals surface area contributed by atoms with Crippen LogP contribution >= 0.6 is 0 Å². The Bertz CT molecular complexity index is 1090. The number of H-pyrrole nitrogens is 1. The van der Waals surface area contributed by atoms with E-state index in [9.17, 15) is 14.4 Å². The van der Waals surface area contributed by atoms with E-state index in [4.69, 9.17) is 4.74 Å². The van der Waals surface area contributed by atoms with Gasteiger partial charge in [-0.3, -0.25) is 9.59 Å². The quantitative estimate of drug-likeness (QED) is 0.769. The monoisotopic (exact) mass is 443 g/mol. The topological polar surface area (TPSA) is 100 Å². The first-order valence-corrected chi connectivity index (χ1v) is 11.3.